The molecule has 24 heavy (non-hydrogen) atoms. The molecule has 122 valence electrons. The van der Waals surface area contributed by atoms with Crippen molar-refractivity contribution in [2.24, 2.45) is 0 Å². The number of anilines is 1. The van der Waals surface area contributed by atoms with Gasteiger partial charge >= 0.3 is 0 Å². The molecule has 3 rings (SSSR count). The Labute approximate surface area is 144 Å². The summed E-state index contributed by atoms with van der Waals surface area (Å²) < 4.78 is 1.82. The maximum atomic E-state index is 12.3. The Balaban J connectivity index is 1.81. The largest absolute Gasteiger partial charge is 0.506 e. The van der Waals surface area contributed by atoms with Gasteiger partial charge in [-0.15, -0.1) is 0 Å². The van der Waals surface area contributed by atoms with E-state index in [1.54, 1.807) is 18.2 Å². The molecule has 0 saturated carbocycles. The molecule has 0 spiro atoms. The number of aromatic hydroxyl groups is 1. The smallest absolute Gasteiger partial charge is 0.255 e. The Morgan fingerprint density at radius 3 is 2.46 bits per heavy atom. The third kappa shape index (κ3) is 3.26. The number of benzene rings is 2. The third-order valence-electron chi connectivity index (χ3n) is 3.59. The molecule has 0 fully saturated rings. The van der Waals surface area contributed by atoms with Crippen LogP contribution in [0.25, 0.3) is 5.69 Å². The van der Waals surface area contributed by atoms with Gasteiger partial charge < -0.3 is 10.4 Å². The lowest BCUT2D eigenvalue weighted by Crippen LogP contribution is -2.12. The van der Waals surface area contributed by atoms with E-state index in [0.29, 0.717) is 10.6 Å². The van der Waals surface area contributed by atoms with Gasteiger partial charge in [0, 0.05) is 16.3 Å². The molecule has 2 N–H and O–H groups in total. The molecule has 1 heterocycles. The summed E-state index contributed by atoms with van der Waals surface area (Å²) in [6.45, 7) is 3.91. The van der Waals surface area contributed by atoms with Gasteiger partial charge in [0.1, 0.15) is 5.75 Å². The van der Waals surface area contributed by atoms with Gasteiger partial charge in [-0.2, -0.15) is 5.10 Å². The van der Waals surface area contributed by atoms with E-state index in [1.807, 2.05) is 36.7 Å². The normalized spacial score (nSPS) is 10.6. The molecule has 0 aliphatic carbocycles. The van der Waals surface area contributed by atoms with E-state index in [0.717, 1.165) is 17.1 Å². The van der Waals surface area contributed by atoms with Gasteiger partial charge in [0.25, 0.3) is 5.91 Å². The Bertz CT molecular complexity index is 901. The zero-order valence-corrected chi connectivity index (χ0v) is 14.0. The van der Waals surface area contributed by atoms with Crippen LogP contribution in [0.15, 0.2) is 48.5 Å². The Hall–Kier alpha value is -2.79. The summed E-state index contributed by atoms with van der Waals surface area (Å²) in [5, 5.41) is 17.3. The number of phenolic OH excluding ortho intramolecular Hbond substituents is 1. The second-order valence-electron chi connectivity index (χ2n) is 5.50. The summed E-state index contributed by atoms with van der Waals surface area (Å²) in [5.41, 5.74) is 3.58. The first kappa shape index (κ1) is 16.1. The molecule has 2 aromatic carbocycles. The van der Waals surface area contributed by atoms with Crippen LogP contribution in [-0.2, 0) is 0 Å². The number of aromatic nitrogens is 2. The summed E-state index contributed by atoms with van der Waals surface area (Å²) in [6.07, 6.45) is 0. The molecule has 0 atom stereocenters. The van der Waals surface area contributed by atoms with Crippen LogP contribution in [0.1, 0.15) is 21.7 Å². The average Bonchev–Trinajstić information content (AvgIpc) is 2.89. The fourth-order valence-corrected chi connectivity index (χ4v) is 2.62. The standard InChI is InChI=1S/C18H16ClN3O2/c1-11-9-12(2)22(21-11)15-6-3-13(4-7-15)18(24)20-16-10-14(19)5-8-17(16)23/h3-10,23H,1-2H3,(H,20,24). The average molecular weight is 342 g/mol. The van der Waals surface area contributed by atoms with E-state index in [9.17, 15) is 9.90 Å². The van der Waals surface area contributed by atoms with Crippen LogP contribution < -0.4 is 5.32 Å². The molecule has 0 aliphatic rings. The Morgan fingerprint density at radius 2 is 1.83 bits per heavy atom. The molecule has 0 radical (unpaired) electrons. The van der Waals surface area contributed by atoms with Gasteiger partial charge in [-0.05, 0) is 62.4 Å². The van der Waals surface area contributed by atoms with Gasteiger partial charge in [0.05, 0.1) is 17.1 Å². The SMILES string of the molecule is Cc1cc(C)n(-c2ccc(C(=O)Nc3cc(Cl)ccc3O)cc2)n1. The highest BCUT2D eigenvalue weighted by molar-refractivity contribution is 6.31. The Kier molecular flexibility index (Phi) is 4.27. The number of rotatable bonds is 3. The number of nitrogens with one attached hydrogen (secondary N) is 1. The Morgan fingerprint density at radius 1 is 1.12 bits per heavy atom. The number of nitrogens with zero attached hydrogens (tertiary/aromatic N) is 2. The van der Waals surface area contributed by atoms with Crippen molar-refractivity contribution < 1.29 is 9.90 Å². The van der Waals surface area contributed by atoms with Crippen LogP contribution in [0.5, 0.6) is 5.75 Å². The van der Waals surface area contributed by atoms with Crippen molar-refractivity contribution in [1.29, 1.82) is 0 Å². The zero-order valence-electron chi connectivity index (χ0n) is 13.2. The fourth-order valence-electron chi connectivity index (χ4n) is 2.45. The van der Waals surface area contributed by atoms with E-state index in [1.165, 1.54) is 12.1 Å². The van der Waals surface area contributed by atoms with Crippen LogP contribution in [0.2, 0.25) is 5.02 Å². The maximum absolute atomic E-state index is 12.3. The van der Waals surface area contributed by atoms with Crippen molar-refractivity contribution in [2.75, 3.05) is 5.32 Å². The van der Waals surface area contributed by atoms with Crippen molar-refractivity contribution in [3.05, 3.63) is 70.5 Å². The second kappa shape index (κ2) is 6.37. The first-order chi connectivity index (χ1) is 11.4. The summed E-state index contributed by atoms with van der Waals surface area (Å²) >= 11 is 5.88. The van der Waals surface area contributed by atoms with Crippen molar-refractivity contribution in [3.8, 4) is 11.4 Å². The van der Waals surface area contributed by atoms with Crippen LogP contribution >= 0.6 is 11.6 Å². The third-order valence-corrected chi connectivity index (χ3v) is 3.83. The summed E-state index contributed by atoms with van der Waals surface area (Å²) in [4.78, 5) is 12.3. The van der Waals surface area contributed by atoms with Gasteiger partial charge in [-0.3, -0.25) is 4.79 Å². The molecule has 1 aromatic heterocycles. The first-order valence-electron chi connectivity index (χ1n) is 7.37. The minimum atomic E-state index is -0.326. The van der Waals surface area contributed by atoms with Gasteiger partial charge in [0.15, 0.2) is 0 Å². The topological polar surface area (TPSA) is 67.2 Å². The lowest BCUT2D eigenvalue weighted by molar-refractivity contribution is 0.102. The first-order valence-corrected chi connectivity index (χ1v) is 7.75. The quantitative estimate of drug-likeness (QED) is 0.705. The molecule has 5 nitrogen and oxygen atoms in total. The van der Waals surface area contributed by atoms with Gasteiger partial charge in [0.2, 0.25) is 0 Å². The van der Waals surface area contributed by atoms with Gasteiger partial charge in [-0.1, -0.05) is 11.6 Å². The number of halogens is 1. The van der Waals surface area contributed by atoms with E-state index in [-0.39, 0.29) is 17.3 Å². The number of hydrogen-bond donors (Lipinski definition) is 2. The predicted molar refractivity (Wildman–Crippen MR) is 94.1 cm³/mol. The highest BCUT2D eigenvalue weighted by Crippen LogP contribution is 2.27. The van der Waals surface area contributed by atoms with E-state index >= 15 is 0 Å². The molecule has 0 aliphatic heterocycles. The highest BCUT2D eigenvalue weighted by Gasteiger charge is 2.10. The molecule has 0 unspecified atom stereocenters. The van der Waals surface area contributed by atoms with Gasteiger partial charge in [-0.25, -0.2) is 4.68 Å². The van der Waals surface area contributed by atoms with Crippen molar-refractivity contribution in [2.45, 2.75) is 13.8 Å². The van der Waals surface area contributed by atoms with Crippen LogP contribution in [-0.4, -0.2) is 20.8 Å². The number of phenols is 1. The lowest BCUT2D eigenvalue weighted by atomic mass is 10.2. The van der Waals surface area contributed by atoms with Crippen molar-refractivity contribution in [3.63, 3.8) is 0 Å². The minimum Gasteiger partial charge on any atom is -0.506 e. The molecule has 3 aromatic rings. The van der Waals surface area contributed by atoms with Crippen LogP contribution in [0, 0.1) is 13.8 Å². The maximum Gasteiger partial charge on any atom is 0.255 e. The number of carbonyl (C=O) groups excluding carboxylic acids is 1. The number of amides is 1. The number of aryl methyl sites for hydroxylation is 2. The van der Waals surface area contributed by atoms with E-state index in [4.69, 9.17) is 11.6 Å². The predicted octanol–water partition coefficient (Wildman–Crippen LogP) is 4.10. The fraction of sp³-hybridized carbons (Fsp3) is 0.111. The molecular formula is C18H16ClN3O2. The summed E-state index contributed by atoms with van der Waals surface area (Å²) in [5.74, 6) is -0.362. The van der Waals surface area contributed by atoms with E-state index in [2.05, 4.69) is 10.4 Å². The minimum absolute atomic E-state index is 0.0352. The molecule has 0 bridgehead atoms. The lowest BCUT2D eigenvalue weighted by Gasteiger charge is -2.09. The van der Waals surface area contributed by atoms with Crippen molar-refractivity contribution >= 4 is 23.2 Å². The molecule has 1 amide bonds. The molecular weight excluding hydrogens is 326 g/mol. The van der Waals surface area contributed by atoms with Crippen molar-refractivity contribution in [1.82, 2.24) is 9.78 Å². The summed E-state index contributed by atoms with van der Waals surface area (Å²) in [7, 11) is 0. The number of carbonyl (C=O) groups is 1. The summed E-state index contributed by atoms with van der Waals surface area (Å²) in [6, 6.07) is 13.5. The monoisotopic (exact) mass is 341 g/mol. The highest BCUT2D eigenvalue weighted by atomic mass is 35.5. The molecule has 0 saturated heterocycles. The second-order valence-corrected chi connectivity index (χ2v) is 5.94. The van der Waals surface area contributed by atoms with Crippen LogP contribution in [0.4, 0.5) is 5.69 Å². The molecule has 6 heteroatoms. The van der Waals surface area contributed by atoms with E-state index < -0.39 is 0 Å². The van der Waals surface area contributed by atoms with Crippen LogP contribution in [0.3, 0.4) is 0 Å². The zero-order chi connectivity index (χ0) is 17.3. The number of hydrogen-bond acceptors (Lipinski definition) is 3.